The van der Waals surface area contributed by atoms with E-state index < -0.39 is 6.10 Å². The summed E-state index contributed by atoms with van der Waals surface area (Å²) in [5, 5.41) is 15.4. The van der Waals surface area contributed by atoms with Crippen molar-refractivity contribution in [2.45, 2.75) is 26.0 Å². The van der Waals surface area contributed by atoms with E-state index in [9.17, 15) is 9.90 Å². The third kappa shape index (κ3) is 6.97. The fraction of sp³-hybridized carbons (Fsp3) is 0.533. The van der Waals surface area contributed by atoms with E-state index in [1.807, 2.05) is 13.8 Å². The Kier molecular flexibility index (Phi) is 7.56. The van der Waals surface area contributed by atoms with Crippen LogP contribution < -0.4 is 20.1 Å². The molecule has 0 bridgehead atoms. The Labute approximate surface area is 125 Å². The average Bonchev–Trinajstić information content (AvgIpc) is 2.49. The van der Waals surface area contributed by atoms with Crippen molar-refractivity contribution in [2.75, 3.05) is 26.8 Å². The first-order valence-corrected chi connectivity index (χ1v) is 6.99. The van der Waals surface area contributed by atoms with Gasteiger partial charge in [0.1, 0.15) is 12.7 Å². The van der Waals surface area contributed by atoms with Crippen molar-refractivity contribution < 1.29 is 19.4 Å². The van der Waals surface area contributed by atoms with E-state index >= 15 is 0 Å². The van der Waals surface area contributed by atoms with Crippen molar-refractivity contribution >= 4 is 5.91 Å². The van der Waals surface area contributed by atoms with Crippen molar-refractivity contribution in [1.82, 2.24) is 10.6 Å². The molecule has 0 fully saturated rings. The van der Waals surface area contributed by atoms with Gasteiger partial charge in [-0.15, -0.1) is 0 Å². The molecule has 1 rings (SSSR count). The van der Waals surface area contributed by atoms with E-state index in [-0.39, 0.29) is 19.1 Å². The maximum Gasteiger partial charge on any atom is 0.257 e. The number of amides is 1. The van der Waals surface area contributed by atoms with Gasteiger partial charge in [-0.05, 0) is 12.1 Å². The summed E-state index contributed by atoms with van der Waals surface area (Å²) in [4.78, 5) is 11.2. The molecule has 0 heterocycles. The molecule has 1 aromatic carbocycles. The van der Waals surface area contributed by atoms with Crippen LogP contribution >= 0.6 is 0 Å². The van der Waals surface area contributed by atoms with E-state index in [2.05, 4.69) is 10.6 Å². The van der Waals surface area contributed by atoms with Gasteiger partial charge in [-0.1, -0.05) is 26.0 Å². The summed E-state index contributed by atoms with van der Waals surface area (Å²) >= 11 is 0. The van der Waals surface area contributed by atoms with Gasteiger partial charge >= 0.3 is 0 Å². The van der Waals surface area contributed by atoms with E-state index in [1.165, 1.54) is 0 Å². The average molecular weight is 296 g/mol. The zero-order valence-electron chi connectivity index (χ0n) is 12.8. The smallest absolute Gasteiger partial charge is 0.257 e. The first-order chi connectivity index (χ1) is 10.0. The second-order valence-electron chi connectivity index (χ2n) is 4.94. The number of nitrogens with one attached hydrogen (secondary N) is 2. The van der Waals surface area contributed by atoms with E-state index in [0.29, 0.717) is 24.1 Å². The van der Waals surface area contributed by atoms with Crippen molar-refractivity contribution in [1.29, 1.82) is 0 Å². The zero-order chi connectivity index (χ0) is 15.7. The molecule has 1 unspecified atom stereocenters. The molecule has 6 heteroatoms. The molecule has 0 radical (unpaired) electrons. The molecular weight excluding hydrogens is 272 g/mol. The summed E-state index contributed by atoms with van der Waals surface area (Å²) in [7, 11) is 1.55. The Bertz CT molecular complexity index is 437. The number of hydrogen-bond donors (Lipinski definition) is 3. The number of carbonyl (C=O) groups excluding carboxylic acids is 1. The monoisotopic (exact) mass is 296 g/mol. The summed E-state index contributed by atoms with van der Waals surface area (Å²) in [6.45, 7) is 4.55. The maximum atomic E-state index is 11.2. The molecule has 6 nitrogen and oxygen atoms in total. The van der Waals surface area contributed by atoms with Gasteiger partial charge in [0.2, 0.25) is 0 Å². The predicted octanol–water partition coefficient (Wildman–Crippen LogP) is 0.549. The molecule has 1 amide bonds. The number of aliphatic hydroxyl groups is 1. The Balaban J connectivity index is 2.48. The highest BCUT2D eigenvalue weighted by Crippen LogP contribution is 2.26. The molecule has 0 saturated carbocycles. The molecular formula is C15H24N2O4. The molecule has 0 aromatic heterocycles. The van der Waals surface area contributed by atoms with Crippen LogP contribution in [0.4, 0.5) is 0 Å². The van der Waals surface area contributed by atoms with Crippen LogP contribution in [0.25, 0.3) is 0 Å². The molecule has 118 valence electrons. The topological polar surface area (TPSA) is 79.8 Å². The number of aliphatic hydroxyl groups excluding tert-OH is 1. The Morgan fingerprint density at radius 3 is 2.43 bits per heavy atom. The number of rotatable bonds is 9. The Hall–Kier alpha value is -1.79. The van der Waals surface area contributed by atoms with Gasteiger partial charge in [0, 0.05) is 19.6 Å². The van der Waals surface area contributed by atoms with Crippen molar-refractivity contribution in [3.63, 3.8) is 0 Å². The molecule has 0 saturated heterocycles. The predicted molar refractivity (Wildman–Crippen MR) is 80.6 cm³/mol. The van der Waals surface area contributed by atoms with Crippen LogP contribution in [0.15, 0.2) is 24.3 Å². The van der Waals surface area contributed by atoms with Gasteiger partial charge in [-0.2, -0.15) is 0 Å². The molecule has 1 atom stereocenters. The fourth-order valence-electron chi connectivity index (χ4n) is 1.52. The standard InChI is InChI=1S/C15H24N2O4/c1-11(2)17-8-12(18)9-20-13-6-4-5-7-14(13)21-10-15(19)16-3/h4-7,11-12,17-18H,8-10H2,1-3H3,(H,16,19). The van der Waals surface area contributed by atoms with Crippen LogP contribution in [0.5, 0.6) is 11.5 Å². The highest BCUT2D eigenvalue weighted by atomic mass is 16.5. The molecule has 0 aliphatic carbocycles. The van der Waals surface area contributed by atoms with E-state index in [0.717, 1.165) is 0 Å². The van der Waals surface area contributed by atoms with Crippen LogP contribution in [0, 0.1) is 0 Å². The summed E-state index contributed by atoms with van der Waals surface area (Å²) in [5.74, 6) is 0.765. The van der Waals surface area contributed by atoms with Crippen LogP contribution in [-0.2, 0) is 4.79 Å². The molecule has 0 spiro atoms. The van der Waals surface area contributed by atoms with Gasteiger partial charge in [-0.3, -0.25) is 4.79 Å². The normalized spacial score (nSPS) is 12.0. The third-order valence-electron chi connectivity index (χ3n) is 2.68. The summed E-state index contributed by atoms with van der Waals surface area (Å²) in [5.41, 5.74) is 0. The summed E-state index contributed by atoms with van der Waals surface area (Å²) in [6.07, 6.45) is -0.612. The number of ether oxygens (including phenoxy) is 2. The lowest BCUT2D eigenvalue weighted by atomic mass is 10.3. The van der Waals surface area contributed by atoms with Gasteiger partial charge in [0.15, 0.2) is 18.1 Å². The largest absolute Gasteiger partial charge is 0.487 e. The molecule has 0 aliphatic heterocycles. The van der Waals surface area contributed by atoms with Crippen molar-refractivity contribution in [3.8, 4) is 11.5 Å². The summed E-state index contributed by atoms with van der Waals surface area (Å²) in [6, 6.07) is 7.37. The SMILES string of the molecule is CNC(=O)COc1ccccc1OCC(O)CNC(C)C. The zero-order valence-corrected chi connectivity index (χ0v) is 12.8. The second-order valence-corrected chi connectivity index (χ2v) is 4.94. The van der Waals surface area contributed by atoms with E-state index in [1.54, 1.807) is 31.3 Å². The van der Waals surface area contributed by atoms with Crippen molar-refractivity contribution in [3.05, 3.63) is 24.3 Å². The lowest BCUT2D eigenvalue weighted by Crippen LogP contribution is -2.35. The minimum Gasteiger partial charge on any atom is -0.487 e. The Morgan fingerprint density at radius 2 is 1.86 bits per heavy atom. The van der Waals surface area contributed by atoms with Crippen LogP contribution in [0.3, 0.4) is 0 Å². The molecule has 21 heavy (non-hydrogen) atoms. The van der Waals surface area contributed by atoms with Gasteiger partial charge < -0.3 is 25.2 Å². The third-order valence-corrected chi connectivity index (χ3v) is 2.68. The summed E-state index contributed by atoms with van der Waals surface area (Å²) < 4.78 is 10.9. The number of carbonyl (C=O) groups is 1. The van der Waals surface area contributed by atoms with Gasteiger partial charge in [0.25, 0.3) is 5.91 Å². The van der Waals surface area contributed by atoms with Gasteiger partial charge in [0.05, 0.1) is 0 Å². The highest BCUT2D eigenvalue weighted by Gasteiger charge is 2.10. The Morgan fingerprint density at radius 1 is 1.24 bits per heavy atom. The van der Waals surface area contributed by atoms with Gasteiger partial charge in [-0.25, -0.2) is 0 Å². The quantitative estimate of drug-likeness (QED) is 0.620. The minimum absolute atomic E-state index is 0.0751. The van der Waals surface area contributed by atoms with Crippen LogP contribution in [0.2, 0.25) is 0 Å². The number of hydrogen-bond acceptors (Lipinski definition) is 5. The molecule has 3 N–H and O–H groups in total. The molecule has 1 aromatic rings. The van der Waals surface area contributed by atoms with Crippen molar-refractivity contribution in [2.24, 2.45) is 0 Å². The first-order valence-electron chi connectivity index (χ1n) is 6.99. The lowest BCUT2D eigenvalue weighted by Gasteiger charge is -2.16. The van der Waals surface area contributed by atoms with Crippen LogP contribution in [0.1, 0.15) is 13.8 Å². The maximum absolute atomic E-state index is 11.2. The number of likely N-dealkylation sites (N-methyl/N-ethyl adjacent to an activating group) is 1. The fourth-order valence-corrected chi connectivity index (χ4v) is 1.52. The molecule has 0 aliphatic rings. The van der Waals surface area contributed by atoms with E-state index in [4.69, 9.17) is 9.47 Å². The number of para-hydroxylation sites is 2. The van der Waals surface area contributed by atoms with Crippen LogP contribution in [-0.4, -0.2) is 50.0 Å². The minimum atomic E-state index is -0.612. The lowest BCUT2D eigenvalue weighted by molar-refractivity contribution is -0.122. The second kappa shape index (κ2) is 9.20. The number of benzene rings is 1. The first kappa shape index (κ1) is 17.3. The highest BCUT2D eigenvalue weighted by molar-refractivity contribution is 5.77.